The van der Waals surface area contributed by atoms with Crippen molar-refractivity contribution >= 4 is 21.6 Å². The van der Waals surface area contributed by atoms with Crippen LogP contribution in [0.25, 0.3) is 0 Å². The van der Waals surface area contributed by atoms with E-state index in [1.54, 1.807) is 0 Å². The Morgan fingerprint density at radius 1 is 1.50 bits per heavy atom. The zero-order chi connectivity index (χ0) is 7.56. The molecule has 0 aliphatic heterocycles. The molecule has 0 N–H and O–H groups in total. The lowest BCUT2D eigenvalue weighted by Crippen LogP contribution is -1.74. The van der Waals surface area contributed by atoms with E-state index in [0.29, 0.717) is 0 Å². The van der Waals surface area contributed by atoms with Crippen molar-refractivity contribution in [3.63, 3.8) is 0 Å². The van der Waals surface area contributed by atoms with Gasteiger partial charge in [-0.05, 0) is 33.2 Å². The van der Waals surface area contributed by atoms with Crippen molar-refractivity contribution in [3.8, 4) is 0 Å². The van der Waals surface area contributed by atoms with E-state index < -0.39 is 5.82 Å². The molecule has 0 radical (unpaired) electrons. The number of halogens is 2. The van der Waals surface area contributed by atoms with Gasteiger partial charge in [0.1, 0.15) is 11.5 Å². The molecule has 0 saturated carbocycles. The Morgan fingerprint density at radius 2 is 2.20 bits per heavy atom. The van der Waals surface area contributed by atoms with Gasteiger partial charge in [-0.3, -0.25) is 0 Å². The van der Waals surface area contributed by atoms with Crippen molar-refractivity contribution in [1.29, 1.82) is 0 Å². The smallest absolute Gasteiger partial charge is 0.139 e. The van der Waals surface area contributed by atoms with Crippen LogP contribution in [0.3, 0.4) is 0 Å². The maximum absolute atomic E-state index is 12.5. The largest absolute Gasteiger partial charge is 0.206 e. The molecule has 0 atom stereocenters. The Balaban J connectivity index is 3.27. The van der Waals surface area contributed by atoms with Gasteiger partial charge in [0.15, 0.2) is 0 Å². The first kappa shape index (κ1) is 7.34. The zero-order valence-corrected chi connectivity index (χ0v) is 6.43. The van der Waals surface area contributed by atoms with Crippen LogP contribution in [0.2, 0.25) is 0 Å². The highest BCUT2D eigenvalue weighted by Crippen LogP contribution is 2.26. The lowest BCUT2D eigenvalue weighted by molar-refractivity contribution is 0.621. The molecule has 2 nitrogen and oxygen atoms in total. The van der Waals surface area contributed by atoms with Gasteiger partial charge in [0.05, 0.1) is 4.47 Å². The number of benzene rings is 1. The SMILES string of the molecule is O=Nc1cccc(F)c1Br. The van der Waals surface area contributed by atoms with E-state index >= 15 is 0 Å². The van der Waals surface area contributed by atoms with Crippen LogP contribution in [0.15, 0.2) is 27.8 Å². The molecule has 0 bridgehead atoms. The molecule has 4 heteroatoms. The second kappa shape index (κ2) is 2.88. The van der Waals surface area contributed by atoms with Crippen molar-refractivity contribution in [1.82, 2.24) is 0 Å². The fraction of sp³-hybridized carbons (Fsp3) is 0. The highest BCUT2D eigenvalue weighted by atomic mass is 79.9. The fourth-order valence-electron chi connectivity index (χ4n) is 0.563. The van der Waals surface area contributed by atoms with Crippen LogP contribution in [-0.4, -0.2) is 0 Å². The maximum Gasteiger partial charge on any atom is 0.139 e. The van der Waals surface area contributed by atoms with Crippen LogP contribution in [0.5, 0.6) is 0 Å². The van der Waals surface area contributed by atoms with Gasteiger partial charge < -0.3 is 0 Å². The standard InChI is InChI=1S/C6H3BrFNO/c7-6-4(8)2-1-3-5(6)9-10/h1-3H. The topological polar surface area (TPSA) is 29.4 Å². The summed E-state index contributed by atoms with van der Waals surface area (Å²) in [7, 11) is 0. The monoisotopic (exact) mass is 203 g/mol. The molecule has 1 aromatic rings. The van der Waals surface area contributed by atoms with E-state index in [0.717, 1.165) is 0 Å². The molecule has 1 rings (SSSR count). The molecule has 52 valence electrons. The summed E-state index contributed by atoms with van der Waals surface area (Å²) in [4.78, 5) is 9.93. The molecule has 0 saturated heterocycles. The molecule has 0 aromatic heterocycles. The van der Waals surface area contributed by atoms with E-state index in [2.05, 4.69) is 21.1 Å². The lowest BCUT2D eigenvalue weighted by Gasteiger charge is -1.93. The van der Waals surface area contributed by atoms with Crippen LogP contribution in [0.1, 0.15) is 0 Å². The summed E-state index contributed by atoms with van der Waals surface area (Å²) < 4.78 is 12.6. The summed E-state index contributed by atoms with van der Waals surface area (Å²) >= 11 is 2.87. The van der Waals surface area contributed by atoms with Crippen LogP contribution in [0.4, 0.5) is 10.1 Å². The second-order valence-electron chi connectivity index (χ2n) is 1.66. The molecular formula is C6H3BrFNO. The quantitative estimate of drug-likeness (QED) is 0.646. The summed E-state index contributed by atoms with van der Waals surface area (Å²) in [5.41, 5.74) is 0.0833. The van der Waals surface area contributed by atoms with Crippen LogP contribution < -0.4 is 0 Å². The predicted octanol–water partition coefficient (Wildman–Crippen LogP) is 2.99. The number of rotatable bonds is 1. The fourth-order valence-corrected chi connectivity index (χ4v) is 0.900. The van der Waals surface area contributed by atoms with Crippen molar-refractivity contribution in [2.45, 2.75) is 0 Å². The van der Waals surface area contributed by atoms with Gasteiger partial charge in [0, 0.05) is 0 Å². The van der Waals surface area contributed by atoms with Gasteiger partial charge in [-0.25, -0.2) is 4.39 Å². The highest BCUT2D eigenvalue weighted by molar-refractivity contribution is 9.10. The van der Waals surface area contributed by atoms with E-state index in [9.17, 15) is 9.30 Å². The Labute approximate surface area is 65.2 Å². The Bertz CT molecular complexity index is 264. The molecule has 0 amide bonds. The van der Waals surface area contributed by atoms with Gasteiger partial charge in [0.25, 0.3) is 0 Å². The highest BCUT2D eigenvalue weighted by Gasteiger charge is 2.03. The molecule has 0 unspecified atom stereocenters. The third kappa shape index (κ3) is 1.21. The van der Waals surface area contributed by atoms with E-state index in [4.69, 9.17) is 0 Å². The summed E-state index contributed by atoms with van der Waals surface area (Å²) in [5, 5.41) is 2.59. The van der Waals surface area contributed by atoms with Gasteiger partial charge >= 0.3 is 0 Å². The molecule has 0 heterocycles. The van der Waals surface area contributed by atoms with Gasteiger partial charge in [-0.2, -0.15) is 0 Å². The summed E-state index contributed by atoms with van der Waals surface area (Å²) in [6, 6.07) is 4.11. The van der Waals surface area contributed by atoms with Gasteiger partial charge in [-0.15, -0.1) is 4.91 Å². The third-order valence-electron chi connectivity index (χ3n) is 1.03. The first-order valence-corrected chi connectivity index (χ1v) is 3.32. The first-order chi connectivity index (χ1) is 4.75. The normalized spacial score (nSPS) is 9.40. The summed E-state index contributed by atoms with van der Waals surface area (Å²) in [6.45, 7) is 0. The first-order valence-electron chi connectivity index (χ1n) is 2.53. The summed E-state index contributed by atoms with van der Waals surface area (Å²) in [5.74, 6) is -0.475. The predicted molar refractivity (Wildman–Crippen MR) is 39.6 cm³/mol. The minimum Gasteiger partial charge on any atom is -0.206 e. The molecule has 0 fully saturated rings. The average Bonchev–Trinajstić information content (AvgIpc) is 1.95. The Morgan fingerprint density at radius 3 is 2.70 bits per heavy atom. The van der Waals surface area contributed by atoms with Crippen molar-refractivity contribution in [3.05, 3.63) is 33.4 Å². The minimum absolute atomic E-state index is 0.0833. The molecular weight excluding hydrogens is 201 g/mol. The minimum atomic E-state index is -0.475. The molecule has 0 aliphatic carbocycles. The summed E-state index contributed by atoms with van der Waals surface area (Å²) in [6.07, 6.45) is 0. The average molecular weight is 204 g/mol. The molecule has 1 aromatic carbocycles. The van der Waals surface area contributed by atoms with Crippen LogP contribution in [0, 0.1) is 10.7 Å². The van der Waals surface area contributed by atoms with E-state index in [1.165, 1.54) is 18.2 Å². The number of hydrogen-bond donors (Lipinski definition) is 0. The number of hydrogen-bond acceptors (Lipinski definition) is 2. The van der Waals surface area contributed by atoms with Crippen molar-refractivity contribution in [2.75, 3.05) is 0 Å². The van der Waals surface area contributed by atoms with E-state index in [1.807, 2.05) is 0 Å². The van der Waals surface area contributed by atoms with Crippen LogP contribution in [-0.2, 0) is 0 Å². The van der Waals surface area contributed by atoms with Crippen LogP contribution >= 0.6 is 15.9 Å². The molecule has 0 aliphatic rings. The zero-order valence-electron chi connectivity index (χ0n) is 4.84. The van der Waals surface area contributed by atoms with Gasteiger partial charge in [-0.1, -0.05) is 6.07 Å². The van der Waals surface area contributed by atoms with Crippen molar-refractivity contribution in [2.24, 2.45) is 5.18 Å². The third-order valence-corrected chi connectivity index (χ3v) is 1.81. The van der Waals surface area contributed by atoms with Crippen molar-refractivity contribution < 1.29 is 4.39 Å². The Hall–Kier alpha value is -0.770. The molecule has 10 heavy (non-hydrogen) atoms. The second-order valence-corrected chi connectivity index (χ2v) is 2.46. The van der Waals surface area contributed by atoms with E-state index in [-0.39, 0.29) is 10.2 Å². The molecule has 0 spiro atoms. The number of nitrogens with zero attached hydrogens (tertiary/aromatic N) is 1. The van der Waals surface area contributed by atoms with Gasteiger partial charge in [0.2, 0.25) is 0 Å². The Kier molecular flexibility index (Phi) is 2.11. The maximum atomic E-state index is 12.5. The lowest BCUT2D eigenvalue weighted by atomic mass is 10.3. The number of nitroso groups, excluding NO2 is 1.